The minimum absolute atomic E-state index is 0.195. The van der Waals surface area contributed by atoms with E-state index in [1.54, 1.807) is 6.07 Å². The van der Waals surface area contributed by atoms with Crippen molar-refractivity contribution in [1.29, 1.82) is 0 Å². The van der Waals surface area contributed by atoms with Crippen LogP contribution in [-0.2, 0) is 0 Å². The molecule has 24 heavy (non-hydrogen) atoms. The second kappa shape index (κ2) is 7.04. The van der Waals surface area contributed by atoms with Gasteiger partial charge in [0, 0.05) is 37.3 Å². The summed E-state index contributed by atoms with van der Waals surface area (Å²) in [5.41, 5.74) is 6.06. The van der Waals surface area contributed by atoms with Gasteiger partial charge in [0.25, 0.3) is 5.91 Å². The molecule has 0 atom stereocenters. The van der Waals surface area contributed by atoms with Crippen LogP contribution < -0.4 is 15.5 Å². The van der Waals surface area contributed by atoms with E-state index < -0.39 is 5.91 Å². The van der Waals surface area contributed by atoms with Crippen molar-refractivity contribution in [3.05, 3.63) is 42.0 Å². The van der Waals surface area contributed by atoms with Crippen molar-refractivity contribution < 1.29 is 9.18 Å². The number of primary amides is 1. The molecule has 3 rings (SSSR count). The fraction of sp³-hybridized carbons (Fsp3) is 0.312. The highest BCUT2D eigenvalue weighted by molar-refractivity contribution is 7.98. The van der Waals surface area contributed by atoms with E-state index in [0.29, 0.717) is 37.8 Å². The van der Waals surface area contributed by atoms with Gasteiger partial charge in [0.1, 0.15) is 11.5 Å². The van der Waals surface area contributed by atoms with Gasteiger partial charge in [-0.15, -0.1) is 11.8 Å². The van der Waals surface area contributed by atoms with Gasteiger partial charge in [0.2, 0.25) is 5.95 Å². The molecular weight excluding hydrogens is 329 g/mol. The zero-order valence-corrected chi connectivity index (χ0v) is 14.1. The second-order valence-electron chi connectivity index (χ2n) is 5.40. The number of aromatic nitrogens is 2. The van der Waals surface area contributed by atoms with Crippen LogP contribution in [-0.4, -0.2) is 48.3 Å². The Morgan fingerprint density at radius 3 is 2.54 bits per heavy atom. The van der Waals surface area contributed by atoms with Crippen LogP contribution in [0.25, 0.3) is 0 Å². The van der Waals surface area contributed by atoms with Gasteiger partial charge in [-0.1, -0.05) is 0 Å². The van der Waals surface area contributed by atoms with Crippen molar-refractivity contribution in [2.45, 2.75) is 4.90 Å². The summed E-state index contributed by atoms with van der Waals surface area (Å²) in [6.45, 7) is 2.59. The van der Waals surface area contributed by atoms with Crippen LogP contribution in [0.2, 0.25) is 0 Å². The Morgan fingerprint density at radius 2 is 1.92 bits per heavy atom. The zero-order chi connectivity index (χ0) is 17.1. The van der Waals surface area contributed by atoms with E-state index in [1.807, 2.05) is 28.2 Å². The van der Waals surface area contributed by atoms with Crippen molar-refractivity contribution in [3.63, 3.8) is 0 Å². The first-order valence-electron chi connectivity index (χ1n) is 7.55. The van der Waals surface area contributed by atoms with Gasteiger partial charge >= 0.3 is 0 Å². The molecule has 0 aliphatic carbocycles. The van der Waals surface area contributed by atoms with Crippen LogP contribution in [0.3, 0.4) is 0 Å². The minimum atomic E-state index is -0.576. The fourth-order valence-corrected chi connectivity index (χ4v) is 3.08. The van der Waals surface area contributed by atoms with E-state index in [1.165, 1.54) is 24.0 Å². The number of amides is 1. The Bertz CT molecular complexity index is 749. The molecule has 1 aliphatic rings. The van der Waals surface area contributed by atoms with Gasteiger partial charge in [0.15, 0.2) is 0 Å². The number of nitrogens with two attached hydrogens (primary N) is 1. The molecule has 2 N–H and O–H groups in total. The van der Waals surface area contributed by atoms with Crippen molar-refractivity contribution in [2.75, 3.05) is 42.2 Å². The maximum atomic E-state index is 14.2. The standard InChI is InChI=1S/C16H18FN5OS/c1-24-11-2-3-14(12(17)10-11)21-6-8-22(9-7-21)16-19-5-4-13(20-16)15(18)23/h2-5,10H,6-9H2,1H3,(H2,18,23). The summed E-state index contributed by atoms with van der Waals surface area (Å²) >= 11 is 1.52. The number of piperazine rings is 1. The maximum Gasteiger partial charge on any atom is 0.267 e. The van der Waals surface area contributed by atoms with E-state index in [4.69, 9.17) is 5.73 Å². The van der Waals surface area contributed by atoms with Crippen molar-refractivity contribution in [1.82, 2.24) is 9.97 Å². The Hall–Kier alpha value is -2.35. The van der Waals surface area contributed by atoms with Crippen LogP contribution in [0, 0.1) is 5.82 Å². The molecule has 1 aromatic carbocycles. The molecular formula is C16H18FN5OS. The lowest BCUT2D eigenvalue weighted by Crippen LogP contribution is -2.47. The molecule has 1 saturated heterocycles. The number of halogens is 1. The maximum absolute atomic E-state index is 14.2. The van der Waals surface area contributed by atoms with Crippen LogP contribution in [0.4, 0.5) is 16.0 Å². The predicted molar refractivity (Wildman–Crippen MR) is 93.2 cm³/mol. The molecule has 2 heterocycles. The van der Waals surface area contributed by atoms with Crippen LogP contribution >= 0.6 is 11.8 Å². The number of thioether (sulfide) groups is 1. The van der Waals surface area contributed by atoms with Crippen molar-refractivity contribution in [3.8, 4) is 0 Å². The smallest absolute Gasteiger partial charge is 0.267 e. The van der Waals surface area contributed by atoms with Crippen molar-refractivity contribution >= 4 is 29.3 Å². The fourth-order valence-electron chi connectivity index (χ4n) is 2.66. The number of benzene rings is 1. The zero-order valence-electron chi connectivity index (χ0n) is 13.3. The molecule has 6 nitrogen and oxygen atoms in total. The van der Waals surface area contributed by atoms with E-state index in [-0.39, 0.29) is 11.5 Å². The van der Waals surface area contributed by atoms with Gasteiger partial charge in [-0.05, 0) is 30.5 Å². The normalized spacial score (nSPS) is 14.8. The SMILES string of the molecule is CSc1ccc(N2CCN(c3nccc(C(N)=O)n3)CC2)c(F)c1. The largest absolute Gasteiger partial charge is 0.366 e. The number of anilines is 2. The molecule has 2 aromatic rings. The van der Waals surface area contributed by atoms with Crippen LogP contribution in [0.5, 0.6) is 0 Å². The highest BCUT2D eigenvalue weighted by Gasteiger charge is 2.21. The third-order valence-corrected chi connectivity index (χ3v) is 4.68. The van der Waals surface area contributed by atoms with Gasteiger partial charge < -0.3 is 15.5 Å². The molecule has 0 unspecified atom stereocenters. The summed E-state index contributed by atoms with van der Waals surface area (Å²) in [5, 5.41) is 0. The Morgan fingerprint density at radius 1 is 1.21 bits per heavy atom. The number of carbonyl (C=O) groups excluding carboxylic acids is 1. The number of carbonyl (C=O) groups is 1. The molecule has 1 fully saturated rings. The molecule has 1 aliphatic heterocycles. The van der Waals surface area contributed by atoms with Gasteiger partial charge in [0.05, 0.1) is 5.69 Å². The van der Waals surface area contributed by atoms with Crippen LogP contribution in [0.15, 0.2) is 35.4 Å². The molecule has 1 aromatic heterocycles. The Labute approximate surface area is 143 Å². The second-order valence-corrected chi connectivity index (χ2v) is 6.28. The quantitative estimate of drug-likeness (QED) is 0.850. The average molecular weight is 347 g/mol. The Kier molecular flexibility index (Phi) is 4.84. The lowest BCUT2D eigenvalue weighted by atomic mass is 10.2. The number of nitrogens with zero attached hydrogens (tertiary/aromatic N) is 4. The van der Waals surface area contributed by atoms with Gasteiger partial charge in [-0.3, -0.25) is 4.79 Å². The summed E-state index contributed by atoms with van der Waals surface area (Å²) in [6, 6.07) is 6.80. The molecule has 8 heteroatoms. The third-order valence-electron chi connectivity index (χ3n) is 3.95. The highest BCUT2D eigenvalue weighted by atomic mass is 32.2. The first-order chi connectivity index (χ1) is 11.6. The summed E-state index contributed by atoms with van der Waals surface area (Å²) in [7, 11) is 0. The molecule has 1 amide bonds. The summed E-state index contributed by atoms with van der Waals surface area (Å²) < 4.78 is 14.2. The molecule has 126 valence electrons. The Balaban J connectivity index is 1.70. The first kappa shape index (κ1) is 16.5. The van der Waals surface area contributed by atoms with Crippen LogP contribution in [0.1, 0.15) is 10.5 Å². The molecule has 0 spiro atoms. The highest BCUT2D eigenvalue weighted by Crippen LogP contribution is 2.26. The lowest BCUT2D eigenvalue weighted by Gasteiger charge is -2.36. The number of hydrogen-bond acceptors (Lipinski definition) is 6. The molecule has 0 bridgehead atoms. The monoisotopic (exact) mass is 347 g/mol. The van der Waals surface area contributed by atoms with E-state index >= 15 is 0 Å². The summed E-state index contributed by atoms with van der Waals surface area (Å²) in [6.07, 6.45) is 3.45. The number of hydrogen-bond donors (Lipinski definition) is 1. The summed E-state index contributed by atoms with van der Waals surface area (Å²) in [4.78, 5) is 24.5. The topological polar surface area (TPSA) is 75.3 Å². The lowest BCUT2D eigenvalue weighted by molar-refractivity contribution is 0.0995. The third kappa shape index (κ3) is 3.43. The van der Waals surface area contributed by atoms with Gasteiger partial charge in [-0.2, -0.15) is 0 Å². The van der Waals surface area contributed by atoms with E-state index in [9.17, 15) is 9.18 Å². The van der Waals surface area contributed by atoms with Crippen molar-refractivity contribution in [2.24, 2.45) is 5.73 Å². The minimum Gasteiger partial charge on any atom is -0.366 e. The first-order valence-corrected chi connectivity index (χ1v) is 8.77. The number of rotatable bonds is 4. The summed E-state index contributed by atoms with van der Waals surface area (Å²) in [5.74, 6) is -0.306. The van der Waals surface area contributed by atoms with E-state index in [0.717, 1.165) is 4.90 Å². The predicted octanol–water partition coefficient (Wildman–Crippen LogP) is 1.76. The molecule has 0 saturated carbocycles. The van der Waals surface area contributed by atoms with Gasteiger partial charge in [-0.25, -0.2) is 14.4 Å². The molecule has 0 radical (unpaired) electrons. The van der Waals surface area contributed by atoms with E-state index in [2.05, 4.69) is 9.97 Å². The average Bonchev–Trinajstić information content (AvgIpc) is 2.62.